The van der Waals surface area contributed by atoms with Crippen molar-refractivity contribution >= 4 is 23.2 Å². The molecule has 0 fully saturated rings. The third kappa shape index (κ3) is 6.19. The van der Waals surface area contributed by atoms with Crippen LogP contribution in [0.5, 0.6) is 11.5 Å². The van der Waals surface area contributed by atoms with Crippen LogP contribution in [0, 0.1) is 0 Å². The summed E-state index contributed by atoms with van der Waals surface area (Å²) in [6.45, 7) is 7.55. The first-order valence-corrected chi connectivity index (χ1v) is 8.30. The average Bonchev–Trinajstić information content (AvgIpc) is 2.47. The van der Waals surface area contributed by atoms with E-state index in [9.17, 15) is 0 Å². The number of benzene rings is 1. The number of halogens is 2. The van der Waals surface area contributed by atoms with Crippen LogP contribution in [0.15, 0.2) is 22.7 Å². The van der Waals surface area contributed by atoms with Gasteiger partial charge in [-0.25, -0.2) is 0 Å². The molecular formula is C17H24Cl2O2. The highest BCUT2D eigenvalue weighted by molar-refractivity contribution is 6.55. The van der Waals surface area contributed by atoms with Crippen LogP contribution in [-0.4, -0.2) is 13.2 Å². The second kappa shape index (κ2) is 9.97. The molecule has 4 heteroatoms. The fraction of sp³-hybridized carbons (Fsp3) is 0.529. The zero-order chi connectivity index (χ0) is 15.7. The Kier molecular flexibility index (Phi) is 8.63. The molecule has 0 aliphatic rings. The van der Waals surface area contributed by atoms with Crippen molar-refractivity contribution in [2.75, 3.05) is 13.2 Å². The molecule has 0 N–H and O–H groups in total. The topological polar surface area (TPSA) is 18.5 Å². The summed E-state index contributed by atoms with van der Waals surface area (Å²) in [4.78, 5) is 0. The van der Waals surface area contributed by atoms with E-state index in [2.05, 4.69) is 20.8 Å². The molecule has 118 valence electrons. The number of hydrogen-bond acceptors (Lipinski definition) is 2. The van der Waals surface area contributed by atoms with Crippen molar-refractivity contribution in [1.29, 1.82) is 0 Å². The predicted octanol–water partition coefficient (Wildman–Crippen LogP) is 5.69. The highest BCUT2D eigenvalue weighted by Gasteiger charge is 2.11. The van der Waals surface area contributed by atoms with Crippen LogP contribution in [0.1, 0.15) is 44.7 Å². The largest absolute Gasteiger partial charge is 0.493 e. The standard InChI is InChI=1S/C17H24Cl2O2/c1-4-7-9-21-17-13(5-2)11-15(12-14(17)6-3)20-10-8-16(18)19/h8,11-12H,4-7,9-10H2,1-3H3. The van der Waals surface area contributed by atoms with E-state index in [0.717, 1.165) is 43.8 Å². The number of unbranched alkanes of at least 4 members (excludes halogenated alkanes) is 1. The van der Waals surface area contributed by atoms with Gasteiger partial charge in [0.1, 0.15) is 22.6 Å². The maximum Gasteiger partial charge on any atom is 0.125 e. The minimum Gasteiger partial charge on any atom is -0.493 e. The molecule has 0 aromatic heterocycles. The first kappa shape index (κ1) is 18.2. The minimum atomic E-state index is 0.223. The molecule has 0 aliphatic carbocycles. The van der Waals surface area contributed by atoms with Crippen molar-refractivity contribution in [2.24, 2.45) is 0 Å². The summed E-state index contributed by atoms with van der Waals surface area (Å²) < 4.78 is 11.9. The van der Waals surface area contributed by atoms with Crippen LogP contribution in [0.25, 0.3) is 0 Å². The smallest absolute Gasteiger partial charge is 0.125 e. The normalized spacial score (nSPS) is 10.3. The fourth-order valence-corrected chi connectivity index (χ4v) is 2.16. The molecule has 0 saturated heterocycles. The van der Waals surface area contributed by atoms with Crippen LogP contribution in [0.3, 0.4) is 0 Å². The van der Waals surface area contributed by atoms with Gasteiger partial charge in [-0.2, -0.15) is 0 Å². The van der Waals surface area contributed by atoms with E-state index in [1.807, 2.05) is 12.1 Å². The zero-order valence-corrected chi connectivity index (χ0v) is 14.6. The number of hydrogen-bond donors (Lipinski definition) is 0. The van der Waals surface area contributed by atoms with Crippen molar-refractivity contribution in [1.82, 2.24) is 0 Å². The molecule has 2 nitrogen and oxygen atoms in total. The van der Waals surface area contributed by atoms with Crippen LogP contribution in [0.4, 0.5) is 0 Å². The van der Waals surface area contributed by atoms with Gasteiger partial charge < -0.3 is 9.47 Å². The van der Waals surface area contributed by atoms with Gasteiger partial charge in [0, 0.05) is 0 Å². The van der Waals surface area contributed by atoms with E-state index in [4.69, 9.17) is 32.7 Å². The highest BCUT2D eigenvalue weighted by atomic mass is 35.5. The Morgan fingerprint density at radius 1 is 1.05 bits per heavy atom. The van der Waals surface area contributed by atoms with E-state index >= 15 is 0 Å². The first-order valence-electron chi connectivity index (χ1n) is 7.54. The maximum absolute atomic E-state index is 5.98. The van der Waals surface area contributed by atoms with E-state index in [1.54, 1.807) is 6.08 Å². The van der Waals surface area contributed by atoms with E-state index in [-0.39, 0.29) is 4.49 Å². The molecule has 0 unspecified atom stereocenters. The van der Waals surface area contributed by atoms with Gasteiger partial charge in [0.2, 0.25) is 0 Å². The van der Waals surface area contributed by atoms with Crippen molar-refractivity contribution in [3.8, 4) is 11.5 Å². The Hall–Kier alpha value is -0.860. The summed E-state index contributed by atoms with van der Waals surface area (Å²) in [5.41, 5.74) is 2.36. The lowest BCUT2D eigenvalue weighted by atomic mass is 10.0. The molecule has 21 heavy (non-hydrogen) atoms. The van der Waals surface area contributed by atoms with Crippen LogP contribution in [-0.2, 0) is 12.8 Å². The second-order valence-electron chi connectivity index (χ2n) is 4.78. The third-order valence-electron chi connectivity index (χ3n) is 3.21. The summed E-state index contributed by atoms with van der Waals surface area (Å²) in [6, 6.07) is 4.08. The SMILES string of the molecule is CCCCOc1c(CC)cc(OCC=C(Cl)Cl)cc1CC. The van der Waals surface area contributed by atoms with Crippen molar-refractivity contribution in [3.05, 3.63) is 33.8 Å². The van der Waals surface area contributed by atoms with Gasteiger partial charge in [0.25, 0.3) is 0 Å². The lowest BCUT2D eigenvalue weighted by Gasteiger charge is -2.16. The van der Waals surface area contributed by atoms with Crippen LogP contribution < -0.4 is 9.47 Å². The van der Waals surface area contributed by atoms with E-state index in [0.29, 0.717) is 6.61 Å². The third-order valence-corrected chi connectivity index (χ3v) is 3.52. The summed E-state index contributed by atoms with van der Waals surface area (Å²) in [6.07, 6.45) is 5.67. The van der Waals surface area contributed by atoms with Crippen LogP contribution >= 0.6 is 23.2 Å². The molecule has 0 atom stereocenters. The molecule has 0 amide bonds. The Bertz CT molecular complexity index is 441. The highest BCUT2D eigenvalue weighted by Crippen LogP contribution is 2.31. The van der Waals surface area contributed by atoms with Crippen molar-refractivity contribution in [2.45, 2.75) is 46.5 Å². The number of aryl methyl sites for hydroxylation is 2. The molecule has 0 radical (unpaired) electrons. The van der Waals surface area contributed by atoms with Gasteiger partial charge in [-0.15, -0.1) is 0 Å². The molecule has 0 aliphatic heterocycles. The number of rotatable bonds is 9. The fourth-order valence-electron chi connectivity index (χ4n) is 2.04. The monoisotopic (exact) mass is 330 g/mol. The summed E-state index contributed by atoms with van der Waals surface area (Å²) in [5.74, 6) is 1.85. The van der Waals surface area contributed by atoms with Gasteiger partial charge in [0.15, 0.2) is 0 Å². The Balaban J connectivity index is 2.91. The Morgan fingerprint density at radius 2 is 1.67 bits per heavy atom. The summed E-state index contributed by atoms with van der Waals surface area (Å²) in [7, 11) is 0. The lowest BCUT2D eigenvalue weighted by Crippen LogP contribution is -2.04. The Morgan fingerprint density at radius 3 is 2.14 bits per heavy atom. The predicted molar refractivity (Wildman–Crippen MR) is 90.9 cm³/mol. The molecule has 0 spiro atoms. The molecule has 1 aromatic carbocycles. The number of ether oxygens (including phenoxy) is 2. The molecule has 1 aromatic rings. The van der Waals surface area contributed by atoms with Crippen LogP contribution in [0.2, 0.25) is 0 Å². The zero-order valence-electron chi connectivity index (χ0n) is 13.0. The second-order valence-corrected chi connectivity index (χ2v) is 5.79. The maximum atomic E-state index is 5.98. The molecule has 0 bridgehead atoms. The Labute approximate surface area is 138 Å². The molecular weight excluding hydrogens is 307 g/mol. The van der Waals surface area contributed by atoms with E-state index in [1.165, 1.54) is 11.1 Å². The van der Waals surface area contributed by atoms with E-state index < -0.39 is 0 Å². The van der Waals surface area contributed by atoms with Gasteiger partial charge in [-0.05, 0) is 48.6 Å². The molecule has 0 heterocycles. The quantitative estimate of drug-likeness (QED) is 0.541. The van der Waals surface area contributed by atoms with Gasteiger partial charge in [0.05, 0.1) is 6.61 Å². The van der Waals surface area contributed by atoms with Gasteiger partial charge >= 0.3 is 0 Å². The molecule has 1 rings (SSSR count). The first-order chi connectivity index (χ1) is 10.1. The lowest BCUT2D eigenvalue weighted by molar-refractivity contribution is 0.302. The molecule has 0 saturated carbocycles. The minimum absolute atomic E-state index is 0.223. The summed E-state index contributed by atoms with van der Waals surface area (Å²) in [5, 5.41) is 0. The van der Waals surface area contributed by atoms with Crippen molar-refractivity contribution < 1.29 is 9.47 Å². The average molecular weight is 331 g/mol. The van der Waals surface area contributed by atoms with Gasteiger partial charge in [-0.1, -0.05) is 50.4 Å². The van der Waals surface area contributed by atoms with Crippen molar-refractivity contribution in [3.63, 3.8) is 0 Å². The summed E-state index contributed by atoms with van der Waals surface area (Å²) >= 11 is 11.2. The van der Waals surface area contributed by atoms with Gasteiger partial charge in [-0.3, -0.25) is 0 Å².